The maximum Gasteiger partial charge on any atom is 0.333 e. The van der Waals surface area contributed by atoms with Crippen LogP contribution in [-0.4, -0.2) is 39.0 Å². The SMILES string of the molecule is COCCCOC(=O)C(C)=CCC1CO1. The molecular weight excluding hydrogens is 196 g/mol. The highest BCUT2D eigenvalue weighted by Gasteiger charge is 2.21. The lowest BCUT2D eigenvalue weighted by atomic mass is 10.2. The topological polar surface area (TPSA) is 48.1 Å². The van der Waals surface area contributed by atoms with Crippen LogP contribution in [0.3, 0.4) is 0 Å². The zero-order chi connectivity index (χ0) is 11.1. The number of ether oxygens (including phenoxy) is 3. The van der Waals surface area contributed by atoms with Crippen molar-refractivity contribution >= 4 is 5.97 Å². The molecule has 1 aliphatic heterocycles. The van der Waals surface area contributed by atoms with E-state index < -0.39 is 0 Å². The molecule has 1 unspecified atom stereocenters. The van der Waals surface area contributed by atoms with Gasteiger partial charge < -0.3 is 14.2 Å². The molecule has 0 aromatic carbocycles. The van der Waals surface area contributed by atoms with Crippen molar-refractivity contribution in [1.29, 1.82) is 0 Å². The Bertz CT molecular complexity index is 231. The van der Waals surface area contributed by atoms with Gasteiger partial charge in [0.15, 0.2) is 0 Å². The predicted molar refractivity (Wildman–Crippen MR) is 55.6 cm³/mol. The van der Waals surface area contributed by atoms with Crippen LogP contribution >= 0.6 is 0 Å². The average molecular weight is 214 g/mol. The first-order valence-electron chi connectivity index (χ1n) is 5.18. The van der Waals surface area contributed by atoms with Gasteiger partial charge in [0.05, 0.1) is 19.3 Å². The molecule has 4 nitrogen and oxygen atoms in total. The molecule has 15 heavy (non-hydrogen) atoms. The Morgan fingerprint density at radius 3 is 2.87 bits per heavy atom. The van der Waals surface area contributed by atoms with Gasteiger partial charge >= 0.3 is 5.97 Å². The fraction of sp³-hybridized carbons (Fsp3) is 0.727. The molecule has 0 N–H and O–H groups in total. The third-order valence-electron chi connectivity index (χ3n) is 2.14. The van der Waals surface area contributed by atoms with Gasteiger partial charge in [-0.15, -0.1) is 0 Å². The summed E-state index contributed by atoms with van der Waals surface area (Å²) in [5, 5.41) is 0. The number of carbonyl (C=O) groups is 1. The van der Waals surface area contributed by atoms with Crippen LogP contribution in [0.5, 0.6) is 0 Å². The molecule has 1 aliphatic rings. The minimum Gasteiger partial charge on any atom is -0.462 e. The van der Waals surface area contributed by atoms with Crippen LogP contribution in [0.25, 0.3) is 0 Å². The quantitative estimate of drug-likeness (QED) is 0.277. The molecule has 0 spiro atoms. The second kappa shape index (κ2) is 6.58. The van der Waals surface area contributed by atoms with Gasteiger partial charge in [0, 0.05) is 25.7 Å². The summed E-state index contributed by atoms with van der Waals surface area (Å²) in [6.45, 7) is 3.61. The van der Waals surface area contributed by atoms with Crippen LogP contribution in [0.2, 0.25) is 0 Å². The number of hydrogen-bond donors (Lipinski definition) is 0. The number of esters is 1. The van der Waals surface area contributed by atoms with Crippen LogP contribution in [0.1, 0.15) is 19.8 Å². The molecule has 0 aromatic heterocycles. The highest BCUT2D eigenvalue weighted by atomic mass is 16.6. The summed E-state index contributed by atoms with van der Waals surface area (Å²) < 4.78 is 14.9. The Morgan fingerprint density at radius 2 is 2.27 bits per heavy atom. The van der Waals surface area contributed by atoms with Crippen LogP contribution in [0, 0.1) is 0 Å². The van der Waals surface area contributed by atoms with E-state index in [1.807, 2.05) is 6.08 Å². The van der Waals surface area contributed by atoms with Crippen molar-refractivity contribution in [3.05, 3.63) is 11.6 Å². The maximum absolute atomic E-state index is 11.4. The van der Waals surface area contributed by atoms with E-state index in [1.165, 1.54) is 0 Å². The van der Waals surface area contributed by atoms with E-state index in [1.54, 1.807) is 14.0 Å². The Morgan fingerprint density at radius 1 is 1.53 bits per heavy atom. The van der Waals surface area contributed by atoms with E-state index in [4.69, 9.17) is 14.2 Å². The Kier molecular flexibility index (Phi) is 5.36. The Labute approximate surface area is 90.2 Å². The van der Waals surface area contributed by atoms with E-state index in [-0.39, 0.29) is 5.97 Å². The maximum atomic E-state index is 11.4. The smallest absolute Gasteiger partial charge is 0.333 e. The summed E-state index contributed by atoms with van der Waals surface area (Å²) in [7, 11) is 1.63. The van der Waals surface area contributed by atoms with Crippen molar-refractivity contribution < 1.29 is 19.0 Å². The van der Waals surface area contributed by atoms with Crippen molar-refractivity contribution in [2.45, 2.75) is 25.9 Å². The first-order chi connectivity index (χ1) is 7.24. The number of methoxy groups -OCH3 is 1. The molecule has 4 heteroatoms. The van der Waals surface area contributed by atoms with Crippen molar-refractivity contribution in [2.75, 3.05) is 26.9 Å². The van der Waals surface area contributed by atoms with E-state index in [9.17, 15) is 4.79 Å². The zero-order valence-electron chi connectivity index (χ0n) is 9.32. The predicted octanol–water partition coefficient (Wildman–Crippen LogP) is 1.30. The van der Waals surface area contributed by atoms with E-state index >= 15 is 0 Å². The van der Waals surface area contributed by atoms with Crippen molar-refractivity contribution in [2.24, 2.45) is 0 Å². The zero-order valence-corrected chi connectivity index (χ0v) is 9.32. The van der Waals surface area contributed by atoms with Crippen LogP contribution < -0.4 is 0 Å². The van der Waals surface area contributed by atoms with Gasteiger partial charge in [0.2, 0.25) is 0 Å². The molecule has 86 valence electrons. The molecule has 1 heterocycles. The molecule has 1 saturated heterocycles. The molecule has 0 saturated carbocycles. The van der Waals surface area contributed by atoms with Gasteiger partial charge in [-0.3, -0.25) is 0 Å². The van der Waals surface area contributed by atoms with Crippen molar-refractivity contribution in [3.8, 4) is 0 Å². The number of hydrogen-bond acceptors (Lipinski definition) is 4. The summed E-state index contributed by atoms with van der Waals surface area (Å²) in [6, 6.07) is 0. The van der Waals surface area contributed by atoms with E-state index in [2.05, 4.69) is 0 Å². The Hall–Kier alpha value is -0.870. The molecular formula is C11H18O4. The molecule has 0 aliphatic carbocycles. The lowest BCUT2D eigenvalue weighted by Crippen LogP contribution is -2.08. The first kappa shape index (κ1) is 12.2. The molecule has 0 bridgehead atoms. The summed E-state index contributed by atoms with van der Waals surface area (Å²) in [4.78, 5) is 11.4. The van der Waals surface area contributed by atoms with Crippen molar-refractivity contribution in [3.63, 3.8) is 0 Å². The highest BCUT2D eigenvalue weighted by molar-refractivity contribution is 5.87. The van der Waals surface area contributed by atoms with Gasteiger partial charge in [0.1, 0.15) is 0 Å². The number of rotatable bonds is 7. The first-order valence-corrected chi connectivity index (χ1v) is 5.18. The minimum atomic E-state index is -0.244. The third-order valence-corrected chi connectivity index (χ3v) is 2.14. The van der Waals surface area contributed by atoms with Gasteiger partial charge in [-0.05, 0) is 13.3 Å². The Balaban J connectivity index is 2.10. The number of epoxide rings is 1. The highest BCUT2D eigenvalue weighted by Crippen LogP contribution is 2.15. The van der Waals surface area contributed by atoms with Crippen LogP contribution in [0.15, 0.2) is 11.6 Å². The van der Waals surface area contributed by atoms with Gasteiger partial charge in [0.25, 0.3) is 0 Å². The lowest BCUT2D eigenvalue weighted by molar-refractivity contribution is -0.139. The molecule has 0 radical (unpaired) electrons. The summed E-state index contributed by atoms with van der Waals surface area (Å²) in [5.41, 5.74) is 0.655. The summed E-state index contributed by atoms with van der Waals surface area (Å²) in [5.74, 6) is -0.244. The second-order valence-corrected chi connectivity index (χ2v) is 3.56. The fourth-order valence-electron chi connectivity index (χ4n) is 1.08. The van der Waals surface area contributed by atoms with Crippen LogP contribution in [0.4, 0.5) is 0 Å². The molecule has 0 amide bonds. The lowest BCUT2D eigenvalue weighted by Gasteiger charge is -2.04. The molecule has 1 rings (SSSR count). The number of carbonyl (C=O) groups excluding carboxylic acids is 1. The molecule has 0 aromatic rings. The normalized spacial score (nSPS) is 20.1. The second-order valence-electron chi connectivity index (χ2n) is 3.56. The van der Waals surface area contributed by atoms with Crippen LogP contribution in [-0.2, 0) is 19.0 Å². The van der Waals surface area contributed by atoms with E-state index in [0.29, 0.717) is 24.9 Å². The largest absolute Gasteiger partial charge is 0.462 e. The molecule has 1 fully saturated rings. The standard InChI is InChI=1S/C11H18O4/c1-9(4-5-10-8-15-10)11(12)14-7-3-6-13-2/h4,10H,3,5-8H2,1-2H3. The summed E-state index contributed by atoms with van der Waals surface area (Å²) in [6.07, 6.45) is 3.73. The monoisotopic (exact) mass is 214 g/mol. The van der Waals surface area contributed by atoms with Gasteiger partial charge in [-0.25, -0.2) is 4.79 Å². The minimum absolute atomic E-state index is 0.244. The van der Waals surface area contributed by atoms with Crippen molar-refractivity contribution in [1.82, 2.24) is 0 Å². The fourth-order valence-corrected chi connectivity index (χ4v) is 1.08. The van der Waals surface area contributed by atoms with Gasteiger partial charge in [-0.2, -0.15) is 0 Å². The average Bonchev–Trinajstić information content (AvgIpc) is 3.04. The molecule has 1 atom stereocenters. The third kappa shape index (κ3) is 5.54. The summed E-state index contributed by atoms with van der Waals surface area (Å²) >= 11 is 0. The van der Waals surface area contributed by atoms with E-state index in [0.717, 1.165) is 19.4 Å². The van der Waals surface area contributed by atoms with Gasteiger partial charge in [-0.1, -0.05) is 6.08 Å².